The lowest BCUT2D eigenvalue weighted by Crippen LogP contribution is -2.39. The van der Waals surface area contributed by atoms with E-state index in [1.165, 1.54) is 37.7 Å². The highest BCUT2D eigenvalue weighted by Gasteiger charge is 2.35. The Balaban J connectivity index is 1.51. The molecule has 3 rings (SSSR count). The molecule has 116 valence electrons. The molecule has 1 saturated carbocycles. The summed E-state index contributed by atoms with van der Waals surface area (Å²) in [7, 11) is 3.95. The number of hydrogen-bond acceptors (Lipinski definition) is 3. The summed E-state index contributed by atoms with van der Waals surface area (Å²) >= 11 is 0. The van der Waals surface area contributed by atoms with Crippen LogP contribution in [0.15, 0.2) is 24.3 Å². The van der Waals surface area contributed by atoms with E-state index in [2.05, 4.69) is 35.5 Å². The number of nitrogens with zero attached hydrogens (tertiary/aromatic N) is 1. The van der Waals surface area contributed by atoms with Crippen LogP contribution in [0.5, 0.6) is 5.75 Å². The number of methoxy groups -OCH3 is 1. The molecule has 3 unspecified atom stereocenters. The summed E-state index contributed by atoms with van der Waals surface area (Å²) in [5, 5.41) is 3.87. The minimum Gasteiger partial charge on any atom is -0.497 e. The van der Waals surface area contributed by atoms with Crippen molar-refractivity contribution in [3.63, 3.8) is 0 Å². The van der Waals surface area contributed by atoms with Crippen molar-refractivity contribution in [3.05, 3.63) is 29.8 Å². The van der Waals surface area contributed by atoms with Crippen molar-refractivity contribution in [3.8, 4) is 5.75 Å². The molecule has 1 saturated heterocycles. The fourth-order valence-electron chi connectivity index (χ4n) is 4.10. The van der Waals surface area contributed by atoms with Gasteiger partial charge in [0.2, 0.25) is 0 Å². The van der Waals surface area contributed by atoms with Crippen molar-refractivity contribution >= 4 is 0 Å². The monoisotopic (exact) mass is 288 g/mol. The molecule has 1 aliphatic heterocycles. The lowest BCUT2D eigenvalue weighted by molar-refractivity contribution is 0.288. The molecule has 0 spiro atoms. The van der Waals surface area contributed by atoms with Crippen LogP contribution in [0.4, 0.5) is 0 Å². The molecule has 21 heavy (non-hydrogen) atoms. The minimum absolute atomic E-state index is 0.675. The van der Waals surface area contributed by atoms with E-state index in [1.807, 2.05) is 6.07 Å². The van der Waals surface area contributed by atoms with Crippen LogP contribution in [0.1, 0.15) is 37.7 Å². The van der Waals surface area contributed by atoms with Crippen molar-refractivity contribution in [1.82, 2.24) is 10.2 Å². The number of fused-ring (bicyclic) bond motifs is 1. The highest BCUT2D eigenvalue weighted by atomic mass is 16.5. The fraction of sp³-hybridized carbons (Fsp3) is 0.667. The van der Waals surface area contributed by atoms with E-state index in [-0.39, 0.29) is 0 Å². The van der Waals surface area contributed by atoms with Gasteiger partial charge in [0.25, 0.3) is 0 Å². The first-order valence-corrected chi connectivity index (χ1v) is 8.32. The van der Waals surface area contributed by atoms with Crippen LogP contribution in [-0.4, -0.2) is 37.7 Å². The summed E-state index contributed by atoms with van der Waals surface area (Å²) in [5.74, 6) is 1.89. The maximum Gasteiger partial charge on any atom is 0.119 e. The average Bonchev–Trinajstić information content (AvgIpc) is 2.89. The lowest BCUT2D eigenvalue weighted by Gasteiger charge is -2.24. The molecule has 1 aliphatic carbocycles. The predicted molar refractivity (Wildman–Crippen MR) is 86.6 cm³/mol. The number of ether oxygens (including phenoxy) is 1. The highest BCUT2D eigenvalue weighted by Crippen LogP contribution is 2.33. The predicted octanol–water partition coefficient (Wildman–Crippen LogP) is 3.05. The normalized spacial score (nSPS) is 28.6. The number of hydrogen-bond donors (Lipinski definition) is 1. The van der Waals surface area contributed by atoms with E-state index >= 15 is 0 Å². The van der Waals surface area contributed by atoms with Gasteiger partial charge in [-0.1, -0.05) is 25.0 Å². The van der Waals surface area contributed by atoms with Gasteiger partial charge in [-0.25, -0.2) is 0 Å². The Morgan fingerprint density at radius 3 is 2.95 bits per heavy atom. The molecule has 0 aromatic heterocycles. The number of benzene rings is 1. The van der Waals surface area contributed by atoms with E-state index in [9.17, 15) is 0 Å². The van der Waals surface area contributed by atoms with Gasteiger partial charge >= 0.3 is 0 Å². The average molecular weight is 288 g/mol. The Bertz CT molecular complexity index is 448. The van der Waals surface area contributed by atoms with E-state index in [4.69, 9.17) is 4.74 Å². The summed E-state index contributed by atoms with van der Waals surface area (Å²) in [6, 6.07) is 9.87. The van der Waals surface area contributed by atoms with E-state index in [0.29, 0.717) is 6.04 Å². The molecule has 1 aromatic rings. The van der Waals surface area contributed by atoms with Crippen LogP contribution in [0, 0.1) is 5.92 Å². The second-order valence-corrected chi connectivity index (χ2v) is 6.80. The molecule has 2 fully saturated rings. The topological polar surface area (TPSA) is 24.5 Å². The van der Waals surface area contributed by atoms with Gasteiger partial charge in [-0.3, -0.25) is 0 Å². The molecular formula is C18H28N2O. The quantitative estimate of drug-likeness (QED) is 0.901. The molecule has 0 amide bonds. The van der Waals surface area contributed by atoms with E-state index in [1.54, 1.807) is 7.11 Å². The third kappa shape index (κ3) is 3.78. The Kier molecular flexibility index (Phi) is 4.81. The summed E-state index contributed by atoms with van der Waals surface area (Å²) < 4.78 is 5.30. The van der Waals surface area contributed by atoms with Crippen LogP contribution in [0.25, 0.3) is 0 Å². The molecule has 3 heteroatoms. The van der Waals surface area contributed by atoms with Gasteiger partial charge < -0.3 is 15.0 Å². The molecular weight excluding hydrogens is 260 g/mol. The van der Waals surface area contributed by atoms with Gasteiger partial charge in [-0.2, -0.15) is 0 Å². The fourth-order valence-corrected chi connectivity index (χ4v) is 4.10. The maximum atomic E-state index is 5.30. The number of rotatable bonds is 5. The van der Waals surface area contributed by atoms with Crippen molar-refractivity contribution in [2.24, 2.45) is 5.92 Å². The van der Waals surface area contributed by atoms with Crippen molar-refractivity contribution in [2.45, 2.75) is 50.7 Å². The largest absolute Gasteiger partial charge is 0.497 e. The zero-order valence-corrected chi connectivity index (χ0v) is 13.3. The Morgan fingerprint density at radius 2 is 2.14 bits per heavy atom. The molecule has 3 atom stereocenters. The van der Waals surface area contributed by atoms with Crippen LogP contribution in [0.3, 0.4) is 0 Å². The molecule has 2 aliphatic rings. The Morgan fingerprint density at radius 1 is 1.29 bits per heavy atom. The molecule has 1 heterocycles. The van der Waals surface area contributed by atoms with Crippen LogP contribution >= 0.6 is 0 Å². The lowest BCUT2D eigenvalue weighted by atomic mass is 9.85. The third-order valence-electron chi connectivity index (χ3n) is 5.06. The highest BCUT2D eigenvalue weighted by molar-refractivity contribution is 5.28. The standard InChI is InChI=1S/C18H28N2O/c1-20(12-14-6-5-8-17(10-14)21-2)13-16-11-15-7-3-4-9-18(15)19-16/h5-6,8,10,15-16,18-19H,3-4,7,9,11-13H2,1-2H3. The summed E-state index contributed by atoms with van der Waals surface area (Å²) in [4.78, 5) is 2.43. The SMILES string of the molecule is COc1cccc(CN(C)CC2CC3CCCCC3N2)c1. The van der Waals surface area contributed by atoms with E-state index < -0.39 is 0 Å². The van der Waals surface area contributed by atoms with Crippen molar-refractivity contribution in [2.75, 3.05) is 20.7 Å². The van der Waals surface area contributed by atoms with Crippen LogP contribution in [-0.2, 0) is 6.54 Å². The van der Waals surface area contributed by atoms with Crippen LogP contribution < -0.4 is 10.1 Å². The van der Waals surface area contributed by atoms with Gasteiger partial charge in [0.1, 0.15) is 5.75 Å². The van der Waals surface area contributed by atoms with Gasteiger partial charge in [-0.05, 0) is 49.9 Å². The first-order chi connectivity index (χ1) is 10.2. The Hall–Kier alpha value is -1.06. The van der Waals surface area contributed by atoms with E-state index in [0.717, 1.165) is 30.8 Å². The summed E-state index contributed by atoms with van der Waals surface area (Å²) in [5.41, 5.74) is 1.33. The van der Waals surface area contributed by atoms with Gasteiger partial charge in [-0.15, -0.1) is 0 Å². The van der Waals surface area contributed by atoms with Gasteiger partial charge in [0.05, 0.1) is 7.11 Å². The zero-order valence-electron chi connectivity index (χ0n) is 13.3. The molecule has 0 bridgehead atoms. The summed E-state index contributed by atoms with van der Waals surface area (Å²) in [6.07, 6.45) is 7.05. The smallest absolute Gasteiger partial charge is 0.119 e. The van der Waals surface area contributed by atoms with Crippen molar-refractivity contribution < 1.29 is 4.74 Å². The molecule has 0 radical (unpaired) electrons. The first-order valence-electron chi connectivity index (χ1n) is 8.32. The molecule has 3 nitrogen and oxygen atoms in total. The van der Waals surface area contributed by atoms with Gasteiger partial charge in [0.15, 0.2) is 0 Å². The van der Waals surface area contributed by atoms with Crippen LogP contribution in [0.2, 0.25) is 0 Å². The maximum absolute atomic E-state index is 5.30. The second kappa shape index (κ2) is 6.80. The number of nitrogens with one attached hydrogen (secondary N) is 1. The minimum atomic E-state index is 0.675. The zero-order chi connectivity index (χ0) is 14.7. The Labute approximate surface area is 128 Å². The van der Waals surface area contributed by atoms with Gasteiger partial charge in [0, 0.05) is 25.2 Å². The second-order valence-electron chi connectivity index (χ2n) is 6.80. The van der Waals surface area contributed by atoms with Crippen molar-refractivity contribution in [1.29, 1.82) is 0 Å². The summed E-state index contributed by atoms with van der Waals surface area (Å²) in [6.45, 7) is 2.13. The first kappa shape index (κ1) is 14.9. The molecule has 1 N–H and O–H groups in total. The number of likely N-dealkylation sites (N-methyl/N-ethyl adjacent to an activating group) is 1. The molecule has 1 aromatic carbocycles. The third-order valence-corrected chi connectivity index (χ3v) is 5.06.